The van der Waals surface area contributed by atoms with Crippen LogP contribution in [0.4, 0.5) is 0 Å². The molecule has 0 spiro atoms. The second-order valence-corrected chi connectivity index (χ2v) is 6.25. The number of hydrogen-bond donors (Lipinski definition) is 0. The molecule has 0 fully saturated rings. The van der Waals surface area contributed by atoms with E-state index in [2.05, 4.69) is 64.0 Å². The third-order valence-corrected chi connectivity index (χ3v) is 3.84. The molecule has 1 heterocycles. The Balaban J connectivity index is 1.96. The van der Waals surface area contributed by atoms with Crippen LogP contribution in [0.15, 0.2) is 24.3 Å². The van der Waals surface area contributed by atoms with E-state index in [-0.39, 0.29) is 0 Å². The Morgan fingerprint density at radius 2 is 1.87 bits per heavy atom. The summed E-state index contributed by atoms with van der Waals surface area (Å²) in [6.45, 7) is 2.11. The van der Waals surface area contributed by atoms with Crippen LogP contribution in [0.1, 0.15) is 16.1 Å². The number of aryl methyl sites for hydroxylation is 3. The normalized spacial score (nSPS) is 10.5. The van der Waals surface area contributed by atoms with Crippen molar-refractivity contribution < 1.29 is 0 Å². The van der Waals surface area contributed by atoms with Crippen molar-refractivity contribution in [3.05, 3.63) is 43.4 Å². The van der Waals surface area contributed by atoms with Gasteiger partial charge in [0.05, 0.1) is 0 Å². The number of nitrogens with zero attached hydrogens (tertiary/aromatic N) is 2. The van der Waals surface area contributed by atoms with E-state index in [0.29, 0.717) is 0 Å². The van der Waals surface area contributed by atoms with Crippen LogP contribution in [0.2, 0.25) is 0 Å². The molecule has 0 bridgehead atoms. The van der Waals surface area contributed by atoms with Crippen molar-refractivity contribution in [2.24, 2.45) is 0 Å². The Kier molecular flexibility index (Phi) is 3.69. The molecule has 0 unspecified atom stereocenters. The fraction of sp³-hybridized carbons (Fsp3) is 0.273. The molecule has 0 aliphatic heterocycles. The molecule has 1 aromatic heterocycles. The average molecular weight is 330 g/mol. The first-order valence-electron chi connectivity index (χ1n) is 4.77. The predicted molar refractivity (Wildman–Crippen MR) is 71.2 cm³/mol. The second-order valence-electron chi connectivity index (χ2n) is 3.43. The summed E-state index contributed by atoms with van der Waals surface area (Å²) in [4.78, 5) is 0. The highest BCUT2D eigenvalue weighted by Gasteiger charge is 2.01. The minimum Gasteiger partial charge on any atom is -0.143 e. The Labute approximate surface area is 107 Å². The number of aromatic nitrogens is 2. The van der Waals surface area contributed by atoms with Gasteiger partial charge in [-0.25, -0.2) is 0 Å². The molecule has 0 saturated heterocycles. The molecule has 0 amide bonds. The van der Waals surface area contributed by atoms with Gasteiger partial charge in [-0.15, -0.1) is 10.2 Å². The van der Waals surface area contributed by atoms with Crippen LogP contribution < -0.4 is 0 Å². The Morgan fingerprint density at radius 3 is 2.47 bits per heavy atom. The maximum absolute atomic E-state index is 4.11. The number of hydrogen-bond acceptors (Lipinski definition) is 3. The topological polar surface area (TPSA) is 25.8 Å². The van der Waals surface area contributed by atoms with Gasteiger partial charge >= 0.3 is 0 Å². The molecule has 78 valence electrons. The van der Waals surface area contributed by atoms with Gasteiger partial charge in [-0.2, -0.15) is 0 Å². The lowest BCUT2D eigenvalue weighted by atomic mass is 10.1. The zero-order valence-corrected chi connectivity index (χ0v) is 11.4. The van der Waals surface area contributed by atoms with Crippen LogP contribution in [-0.4, -0.2) is 10.2 Å². The maximum atomic E-state index is 4.11. The number of rotatable bonds is 3. The first kappa shape index (κ1) is 11.0. The van der Waals surface area contributed by atoms with Gasteiger partial charge in [0.15, 0.2) is 3.01 Å². The lowest BCUT2D eigenvalue weighted by molar-refractivity contribution is 0.900. The van der Waals surface area contributed by atoms with E-state index in [0.717, 1.165) is 20.9 Å². The zero-order chi connectivity index (χ0) is 10.7. The minimum absolute atomic E-state index is 0.990. The van der Waals surface area contributed by atoms with Gasteiger partial charge in [0.25, 0.3) is 0 Å². The first-order chi connectivity index (χ1) is 7.24. The maximum Gasteiger partial charge on any atom is 0.178 e. The summed E-state index contributed by atoms with van der Waals surface area (Å²) in [7, 11) is 0. The van der Waals surface area contributed by atoms with Crippen LogP contribution in [0.5, 0.6) is 0 Å². The van der Waals surface area contributed by atoms with E-state index in [4.69, 9.17) is 0 Å². The summed E-state index contributed by atoms with van der Waals surface area (Å²) < 4.78 is 1.02. The highest BCUT2D eigenvalue weighted by Crippen LogP contribution is 2.14. The Bertz CT molecular complexity index is 436. The summed E-state index contributed by atoms with van der Waals surface area (Å²) >= 11 is 3.88. The highest BCUT2D eigenvalue weighted by molar-refractivity contribution is 14.1. The van der Waals surface area contributed by atoms with Gasteiger partial charge in [0.2, 0.25) is 0 Å². The SMILES string of the molecule is Cc1ccc(CCc2nnc(I)s2)cc1. The molecule has 2 nitrogen and oxygen atoms in total. The lowest BCUT2D eigenvalue weighted by Crippen LogP contribution is -1.90. The largest absolute Gasteiger partial charge is 0.178 e. The minimum atomic E-state index is 0.990. The van der Waals surface area contributed by atoms with Crippen LogP contribution >= 0.6 is 33.9 Å². The van der Waals surface area contributed by atoms with Gasteiger partial charge in [0, 0.05) is 6.42 Å². The quantitative estimate of drug-likeness (QED) is 0.808. The average Bonchev–Trinajstić information content (AvgIpc) is 2.64. The van der Waals surface area contributed by atoms with Crippen molar-refractivity contribution in [2.75, 3.05) is 0 Å². The molecule has 0 atom stereocenters. The predicted octanol–water partition coefficient (Wildman–Crippen LogP) is 3.24. The van der Waals surface area contributed by atoms with Crippen molar-refractivity contribution in [1.82, 2.24) is 10.2 Å². The smallest absolute Gasteiger partial charge is 0.143 e. The lowest BCUT2D eigenvalue weighted by Gasteiger charge is -1.99. The van der Waals surface area contributed by atoms with Gasteiger partial charge < -0.3 is 0 Å². The molecular formula is C11H11IN2S. The summed E-state index contributed by atoms with van der Waals surface area (Å²) in [5.74, 6) is 0. The molecular weight excluding hydrogens is 319 g/mol. The third kappa shape index (κ3) is 3.24. The first-order valence-corrected chi connectivity index (χ1v) is 6.67. The van der Waals surface area contributed by atoms with E-state index in [1.807, 2.05) is 0 Å². The van der Waals surface area contributed by atoms with Gasteiger partial charge in [-0.3, -0.25) is 0 Å². The molecule has 0 N–H and O–H groups in total. The molecule has 0 aliphatic carbocycles. The van der Waals surface area contributed by atoms with Crippen molar-refractivity contribution in [3.63, 3.8) is 0 Å². The fourth-order valence-electron chi connectivity index (χ4n) is 1.34. The van der Waals surface area contributed by atoms with Crippen molar-refractivity contribution >= 4 is 33.9 Å². The van der Waals surface area contributed by atoms with Gasteiger partial charge in [-0.05, 0) is 41.5 Å². The summed E-state index contributed by atoms with van der Waals surface area (Å²) in [6.07, 6.45) is 2.04. The van der Waals surface area contributed by atoms with Crippen LogP contribution in [0.3, 0.4) is 0 Å². The van der Waals surface area contributed by atoms with E-state index in [9.17, 15) is 0 Å². The van der Waals surface area contributed by atoms with Crippen LogP contribution in [0, 0.1) is 9.94 Å². The van der Waals surface area contributed by atoms with E-state index < -0.39 is 0 Å². The van der Waals surface area contributed by atoms with Crippen molar-refractivity contribution in [3.8, 4) is 0 Å². The van der Waals surface area contributed by atoms with Gasteiger partial charge in [0.1, 0.15) is 5.01 Å². The van der Waals surface area contributed by atoms with Crippen molar-refractivity contribution in [2.45, 2.75) is 19.8 Å². The van der Waals surface area contributed by atoms with Crippen molar-refractivity contribution in [1.29, 1.82) is 0 Å². The number of halogens is 1. The standard InChI is InChI=1S/C11H11IN2S/c1-8-2-4-9(5-3-8)6-7-10-13-14-11(12)15-10/h2-5H,6-7H2,1H3. The van der Waals surface area contributed by atoms with Gasteiger partial charge in [-0.1, -0.05) is 41.2 Å². The fourth-order valence-corrected chi connectivity index (χ4v) is 2.77. The molecule has 4 heteroatoms. The van der Waals surface area contributed by atoms with E-state index in [1.165, 1.54) is 11.1 Å². The second kappa shape index (κ2) is 5.03. The Hall–Kier alpha value is -0.490. The zero-order valence-electron chi connectivity index (χ0n) is 8.40. The molecule has 15 heavy (non-hydrogen) atoms. The molecule has 1 aromatic carbocycles. The highest BCUT2D eigenvalue weighted by atomic mass is 127. The molecule has 0 radical (unpaired) electrons. The van der Waals surface area contributed by atoms with Crippen LogP contribution in [0.25, 0.3) is 0 Å². The molecule has 0 saturated carbocycles. The van der Waals surface area contributed by atoms with E-state index in [1.54, 1.807) is 11.3 Å². The summed E-state index contributed by atoms with van der Waals surface area (Å²) in [5.41, 5.74) is 2.68. The molecule has 2 aromatic rings. The molecule has 0 aliphatic rings. The Morgan fingerprint density at radius 1 is 1.13 bits per heavy atom. The van der Waals surface area contributed by atoms with E-state index >= 15 is 0 Å². The molecule has 2 rings (SSSR count). The number of benzene rings is 1. The third-order valence-electron chi connectivity index (χ3n) is 2.19. The summed E-state index contributed by atoms with van der Waals surface area (Å²) in [5, 5.41) is 9.23. The summed E-state index contributed by atoms with van der Waals surface area (Å²) in [6, 6.07) is 8.67. The van der Waals surface area contributed by atoms with Crippen LogP contribution in [-0.2, 0) is 12.8 Å². The monoisotopic (exact) mass is 330 g/mol.